The molecule has 3 saturated heterocycles. The summed E-state index contributed by atoms with van der Waals surface area (Å²) < 4.78 is 0. The first-order chi connectivity index (χ1) is 20.1. The van der Waals surface area contributed by atoms with Crippen molar-refractivity contribution in [3.63, 3.8) is 0 Å². The molecule has 0 aromatic carbocycles. The second-order valence-electron chi connectivity index (χ2n) is 24.6. The van der Waals surface area contributed by atoms with Crippen molar-refractivity contribution in [1.82, 2.24) is 0 Å². The maximum atomic E-state index is 2.64. The van der Waals surface area contributed by atoms with E-state index >= 15 is 0 Å². The molecule has 0 saturated carbocycles. The van der Waals surface area contributed by atoms with Gasteiger partial charge in [0.2, 0.25) is 0 Å². The Balaban J connectivity index is 0.000000346. The Labute approximate surface area is 299 Å². The Bertz CT molecular complexity index is 878. The maximum Gasteiger partial charge on any atom is 0.0479 e. The van der Waals surface area contributed by atoms with E-state index in [-0.39, 0.29) is 0 Å². The molecule has 0 aromatic rings. The van der Waals surface area contributed by atoms with Crippen LogP contribution in [-0.4, -0.2) is 40.4 Å². The minimum absolute atomic E-state index is 0.497. The van der Waals surface area contributed by atoms with Crippen LogP contribution in [0, 0.1) is 32.5 Å². The Hall–Kier alpha value is 1.08. The van der Waals surface area contributed by atoms with Gasteiger partial charge in [0, 0.05) is 40.4 Å². The minimum atomic E-state index is -0.930. The first-order valence-electron chi connectivity index (χ1n) is 20.1. The van der Waals surface area contributed by atoms with Crippen LogP contribution in [0.25, 0.3) is 0 Å². The van der Waals surface area contributed by atoms with Gasteiger partial charge in [-0.25, -0.2) is 0 Å². The fourth-order valence-electron chi connectivity index (χ4n) is 12.7. The molecule has 1 unspecified atom stereocenters. The van der Waals surface area contributed by atoms with Gasteiger partial charge < -0.3 is 0 Å². The summed E-state index contributed by atoms with van der Waals surface area (Å²) in [7, 11) is -4.58. The summed E-state index contributed by atoms with van der Waals surface area (Å²) >= 11 is 0. The van der Waals surface area contributed by atoms with Crippen molar-refractivity contribution in [3.8, 4) is 0 Å². The third-order valence-corrected chi connectivity index (χ3v) is 39.5. The van der Waals surface area contributed by atoms with E-state index in [0.29, 0.717) is 32.5 Å². The van der Waals surface area contributed by atoms with Crippen molar-refractivity contribution in [2.75, 3.05) is 0 Å². The van der Waals surface area contributed by atoms with Gasteiger partial charge in [0.15, 0.2) is 0 Å². The minimum Gasteiger partial charge on any atom is -0.0695 e. The van der Waals surface area contributed by atoms with Crippen LogP contribution in [0.5, 0.6) is 0 Å². The van der Waals surface area contributed by atoms with Crippen LogP contribution in [0.1, 0.15) is 115 Å². The summed E-state index contributed by atoms with van der Waals surface area (Å²) in [5.41, 5.74) is 6.75. The van der Waals surface area contributed by atoms with Crippen LogP contribution in [0.4, 0.5) is 0 Å². The summed E-state index contributed by atoms with van der Waals surface area (Å²) in [4.78, 5) is 0. The lowest BCUT2D eigenvalue weighted by Crippen LogP contribution is -2.55. The van der Waals surface area contributed by atoms with E-state index < -0.39 is 40.4 Å². The van der Waals surface area contributed by atoms with Crippen LogP contribution in [0.3, 0.4) is 0 Å². The van der Waals surface area contributed by atoms with E-state index in [1.54, 1.807) is 47.6 Å². The highest BCUT2D eigenvalue weighted by Crippen LogP contribution is 2.59. The molecule has 0 spiro atoms. The topological polar surface area (TPSA) is 0 Å². The molecule has 0 amide bonds. The molecular weight excluding hydrogens is 633 g/mol. The highest BCUT2D eigenvalue weighted by Gasteiger charge is 2.54. The standard InChI is InChI=1S/2C14H32Si2.C13H28Si/c2*1-9-14(13(2,3)4)10-15(5,6)12-16(7,8)11-14;1-7-13(12(2,3)4)9-8-10-14(5,6)11-13/h2*9-12H2,1-8H3;7-11H2,1-6H3. The van der Waals surface area contributed by atoms with Gasteiger partial charge in [0.25, 0.3) is 0 Å². The zero-order chi connectivity index (χ0) is 36.7. The molecule has 0 nitrogen and oxygen atoms in total. The molecule has 0 N–H and O–H groups in total. The largest absolute Gasteiger partial charge is 0.0695 e. The average Bonchev–Trinajstić information content (AvgIpc) is 2.78. The first-order valence-corrected chi connectivity index (χ1v) is 37.2. The molecule has 3 aliphatic heterocycles. The third-order valence-electron chi connectivity index (χ3n) is 14.3. The Kier molecular flexibility index (Phi) is 14.3. The number of hydrogen-bond donors (Lipinski definition) is 0. The quantitative estimate of drug-likeness (QED) is 0.254. The van der Waals surface area contributed by atoms with Crippen LogP contribution < -0.4 is 0 Å². The highest BCUT2D eigenvalue weighted by atomic mass is 28.4. The van der Waals surface area contributed by atoms with Gasteiger partial charge in [-0.1, -0.05) is 222 Å². The van der Waals surface area contributed by atoms with Gasteiger partial charge in [-0.2, -0.15) is 0 Å². The molecule has 276 valence electrons. The molecule has 5 heteroatoms. The normalized spacial score (nSPS) is 29.3. The van der Waals surface area contributed by atoms with Crippen LogP contribution in [0.2, 0.25) is 113 Å². The second kappa shape index (κ2) is 14.6. The van der Waals surface area contributed by atoms with Crippen molar-refractivity contribution < 1.29 is 0 Å². The van der Waals surface area contributed by atoms with Crippen molar-refractivity contribution in [3.05, 3.63) is 0 Å². The Morgan fingerprint density at radius 1 is 0.391 bits per heavy atom. The zero-order valence-electron chi connectivity index (χ0n) is 36.7. The summed E-state index contributed by atoms with van der Waals surface area (Å²) in [6.45, 7) is 55.8. The maximum absolute atomic E-state index is 2.64. The van der Waals surface area contributed by atoms with Crippen molar-refractivity contribution in [2.24, 2.45) is 32.5 Å². The molecule has 0 aliphatic carbocycles. The molecule has 46 heavy (non-hydrogen) atoms. The van der Waals surface area contributed by atoms with Crippen molar-refractivity contribution >= 4 is 40.4 Å². The SMILES string of the molecule is CCC1(C(C)(C)C)CCC[Si](C)(C)C1.CCC1(C(C)(C)C)C[Si](C)(C)C[Si](C)(C)C1.CCC1(C(C)(C)C)C[Si](C)(C)C[Si](C)(C)C1. The monoisotopic (exact) mass is 725 g/mol. The summed E-state index contributed by atoms with van der Waals surface area (Å²) in [6, 6.07) is 9.38. The molecule has 0 bridgehead atoms. The summed E-state index contributed by atoms with van der Waals surface area (Å²) in [6.07, 6.45) is 7.13. The molecule has 0 aromatic heterocycles. The number of rotatable bonds is 3. The van der Waals surface area contributed by atoms with E-state index in [1.165, 1.54) is 32.1 Å². The van der Waals surface area contributed by atoms with E-state index in [0.717, 1.165) is 0 Å². The van der Waals surface area contributed by atoms with Gasteiger partial charge in [0.1, 0.15) is 0 Å². The van der Waals surface area contributed by atoms with Gasteiger partial charge in [-0.05, 0) is 38.9 Å². The molecule has 0 radical (unpaired) electrons. The molecule has 3 heterocycles. The fourth-order valence-corrected chi connectivity index (χ4v) is 51.0. The average molecular weight is 726 g/mol. The van der Waals surface area contributed by atoms with Gasteiger partial charge in [0.05, 0.1) is 0 Å². The predicted octanol–water partition coefficient (Wildman–Crippen LogP) is 15.7. The van der Waals surface area contributed by atoms with E-state index in [1.807, 2.05) is 0 Å². The van der Waals surface area contributed by atoms with Gasteiger partial charge >= 0.3 is 0 Å². The Morgan fingerprint density at radius 2 is 0.630 bits per heavy atom. The lowest BCUT2D eigenvalue weighted by Gasteiger charge is -2.56. The van der Waals surface area contributed by atoms with Crippen molar-refractivity contribution in [2.45, 2.75) is 228 Å². The van der Waals surface area contributed by atoms with E-state index in [4.69, 9.17) is 0 Å². The van der Waals surface area contributed by atoms with Crippen molar-refractivity contribution in [1.29, 1.82) is 0 Å². The van der Waals surface area contributed by atoms with E-state index in [9.17, 15) is 0 Å². The van der Waals surface area contributed by atoms with Crippen LogP contribution >= 0.6 is 0 Å². The van der Waals surface area contributed by atoms with E-state index in [2.05, 4.69) is 149 Å². The Morgan fingerprint density at radius 3 is 0.804 bits per heavy atom. The first kappa shape index (κ1) is 45.1. The van der Waals surface area contributed by atoms with Gasteiger partial charge in [-0.15, -0.1) is 0 Å². The predicted molar refractivity (Wildman–Crippen MR) is 232 cm³/mol. The zero-order valence-corrected chi connectivity index (χ0v) is 41.7. The highest BCUT2D eigenvalue weighted by molar-refractivity contribution is 6.97. The molecule has 3 fully saturated rings. The number of hydrogen-bond acceptors (Lipinski definition) is 0. The summed E-state index contributed by atoms with van der Waals surface area (Å²) in [5.74, 6) is 0. The lowest BCUT2D eigenvalue weighted by atomic mass is 9.63. The van der Waals surface area contributed by atoms with Gasteiger partial charge in [-0.3, -0.25) is 0 Å². The smallest absolute Gasteiger partial charge is 0.0479 e. The van der Waals surface area contributed by atoms with Crippen LogP contribution in [-0.2, 0) is 0 Å². The third kappa shape index (κ3) is 11.6. The molecule has 1 atom stereocenters. The second-order valence-corrected chi connectivity index (χ2v) is 51.3. The molecular formula is C41H92Si5. The lowest BCUT2D eigenvalue weighted by molar-refractivity contribution is 0.0820. The summed E-state index contributed by atoms with van der Waals surface area (Å²) in [5, 5.41) is 0. The molecule has 3 aliphatic rings. The van der Waals surface area contributed by atoms with Crippen LogP contribution in [0.15, 0.2) is 0 Å². The molecule has 3 rings (SSSR count). The fraction of sp³-hybridized carbons (Fsp3) is 1.00.